The van der Waals surface area contributed by atoms with E-state index < -0.39 is 0 Å². The van der Waals surface area contributed by atoms with Crippen molar-refractivity contribution < 1.29 is 0 Å². The number of fused-ring (bicyclic) bond motifs is 2. The summed E-state index contributed by atoms with van der Waals surface area (Å²) in [6, 6.07) is 16.3. The lowest BCUT2D eigenvalue weighted by molar-refractivity contribution is 0.731. The second kappa shape index (κ2) is 17.2. The number of aromatic nitrogens is 8. The maximum Gasteiger partial charge on any atom is 0.180 e. The first kappa shape index (κ1) is 38.5. The Kier molecular flexibility index (Phi) is 12.3. The Morgan fingerprint density at radius 2 is 1.31 bits per heavy atom. The van der Waals surface area contributed by atoms with Crippen LogP contribution in [0.1, 0.15) is 30.9 Å². The van der Waals surface area contributed by atoms with E-state index in [1.54, 1.807) is 24.8 Å². The summed E-state index contributed by atoms with van der Waals surface area (Å²) in [4.78, 5) is 26.0. The quantitative estimate of drug-likeness (QED) is 0.123. The fourth-order valence-electron chi connectivity index (χ4n) is 5.89. The molecule has 7 aromatic rings. The smallest absolute Gasteiger partial charge is 0.180 e. The van der Waals surface area contributed by atoms with Gasteiger partial charge in [-0.15, -0.1) is 0 Å². The molecule has 0 spiro atoms. The van der Waals surface area contributed by atoms with Crippen LogP contribution in [0.15, 0.2) is 96.9 Å². The number of benzene rings is 2. The summed E-state index contributed by atoms with van der Waals surface area (Å²) >= 11 is 0. The lowest BCUT2D eigenvalue weighted by Gasteiger charge is -2.14. The largest absolute Gasteiger partial charge is 0.385 e. The number of aliphatic imine (C=N–C) groups is 1. The van der Waals surface area contributed by atoms with Gasteiger partial charge in [-0.05, 0) is 57.0 Å². The Morgan fingerprint density at radius 1 is 0.778 bits per heavy atom. The molecule has 280 valence electrons. The number of nitrogens with one attached hydrogen (secondary N) is 3. The standard InChI is InChI=1S/C20H23N7.C18H21N7.C2H6/c1-13-18(14(2)26(5)24-13)17-12-22-20-19(21-9-10-27(17)20)23-15-7-6-8-16(11-15)25(3)4;1-19-11-15(20-2)16-12-22-18-17(21-8-9-25(16)18)23-13-6-5-7-14(10-13)24(3)4;1-2/h6-12H,1-5H3,(H,21,23);5-12,20H,1H2,2-4H3,(H,21,23);1-2H3/b;15-11-;. The van der Waals surface area contributed by atoms with Gasteiger partial charge in [0.25, 0.3) is 0 Å². The highest BCUT2D eigenvalue weighted by Gasteiger charge is 2.18. The van der Waals surface area contributed by atoms with E-state index in [4.69, 9.17) is 0 Å². The van der Waals surface area contributed by atoms with Gasteiger partial charge in [-0.3, -0.25) is 18.5 Å². The molecular weight excluding hydrogens is 677 g/mol. The number of rotatable bonds is 10. The second-order valence-electron chi connectivity index (χ2n) is 12.5. The zero-order valence-corrected chi connectivity index (χ0v) is 32.8. The van der Waals surface area contributed by atoms with Crippen LogP contribution in [-0.4, -0.2) is 80.5 Å². The van der Waals surface area contributed by atoms with Crippen molar-refractivity contribution in [3.63, 3.8) is 0 Å². The molecule has 0 radical (unpaired) electrons. The number of hydrogen-bond donors (Lipinski definition) is 3. The minimum atomic E-state index is 0.687. The van der Waals surface area contributed by atoms with Crippen molar-refractivity contribution >= 4 is 58.1 Å². The van der Waals surface area contributed by atoms with Crippen LogP contribution in [0, 0.1) is 13.8 Å². The predicted molar refractivity (Wildman–Crippen MR) is 224 cm³/mol. The van der Waals surface area contributed by atoms with Crippen LogP contribution >= 0.6 is 0 Å². The molecule has 0 aliphatic rings. The van der Waals surface area contributed by atoms with Gasteiger partial charge in [-0.25, -0.2) is 19.9 Å². The molecule has 0 unspecified atom stereocenters. The average molecular weight is 727 g/mol. The molecule has 14 nitrogen and oxygen atoms in total. The van der Waals surface area contributed by atoms with Crippen molar-refractivity contribution in [1.82, 2.24) is 43.8 Å². The van der Waals surface area contributed by atoms with Gasteiger partial charge in [-0.2, -0.15) is 5.10 Å². The van der Waals surface area contributed by atoms with Crippen LogP contribution in [0.4, 0.5) is 34.4 Å². The summed E-state index contributed by atoms with van der Waals surface area (Å²) in [5.74, 6) is 1.41. The van der Waals surface area contributed by atoms with Crippen LogP contribution in [0.3, 0.4) is 0 Å². The molecule has 14 heteroatoms. The lowest BCUT2D eigenvalue weighted by atomic mass is 10.1. The van der Waals surface area contributed by atoms with Crippen LogP contribution in [0.2, 0.25) is 0 Å². The van der Waals surface area contributed by atoms with E-state index in [9.17, 15) is 0 Å². The molecule has 2 aromatic carbocycles. The Bertz CT molecular complexity index is 2380. The molecule has 7 rings (SSSR count). The van der Waals surface area contributed by atoms with Gasteiger partial charge in [-0.1, -0.05) is 26.0 Å². The molecule has 5 heterocycles. The first-order valence-electron chi connectivity index (χ1n) is 17.7. The van der Waals surface area contributed by atoms with E-state index in [0.717, 1.165) is 73.9 Å². The summed E-state index contributed by atoms with van der Waals surface area (Å²) in [6.07, 6.45) is 12.7. The lowest BCUT2D eigenvalue weighted by Crippen LogP contribution is -2.09. The number of imidazole rings is 2. The number of anilines is 6. The Morgan fingerprint density at radius 3 is 1.81 bits per heavy atom. The van der Waals surface area contributed by atoms with Crippen LogP contribution < -0.4 is 25.8 Å². The van der Waals surface area contributed by atoms with Gasteiger partial charge in [0.15, 0.2) is 22.9 Å². The fraction of sp³-hybridized carbons (Fsp3) is 0.250. The summed E-state index contributed by atoms with van der Waals surface area (Å²) < 4.78 is 5.91. The molecule has 5 aromatic heterocycles. The topological polar surface area (TPSA) is 133 Å². The van der Waals surface area contributed by atoms with Crippen molar-refractivity contribution in [3.05, 3.63) is 109 Å². The van der Waals surface area contributed by atoms with Crippen molar-refractivity contribution in [2.45, 2.75) is 27.7 Å². The molecule has 0 bridgehead atoms. The van der Waals surface area contributed by atoms with Gasteiger partial charge < -0.3 is 25.8 Å². The molecule has 0 saturated carbocycles. The molecule has 0 aliphatic heterocycles. The first-order chi connectivity index (χ1) is 26.1. The van der Waals surface area contributed by atoms with Crippen LogP contribution in [0.25, 0.3) is 28.2 Å². The Hall–Kier alpha value is -6.70. The minimum Gasteiger partial charge on any atom is -0.385 e. The van der Waals surface area contributed by atoms with E-state index >= 15 is 0 Å². The number of hydrogen-bond acceptors (Lipinski definition) is 11. The molecule has 54 heavy (non-hydrogen) atoms. The van der Waals surface area contributed by atoms with E-state index in [-0.39, 0.29) is 0 Å². The molecule has 0 aliphatic carbocycles. The number of aryl methyl sites for hydroxylation is 2. The molecule has 0 atom stereocenters. The Labute approximate surface area is 317 Å². The third kappa shape index (κ3) is 8.17. The zero-order chi connectivity index (χ0) is 38.9. The van der Waals surface area contributed by atoms with Crippen molar-refractivity contribution in [2.24, 2.45) is 12.0 Å². The minimum absolute atomic E-state index is 0.687. The van der Waals surface area contributed by atoms with E-state index in [2.05, 4.69) is 98.1 Å². The molecule has 0 amide bonds. The van der Waals surface area contributed by atoms with Crippen molar-refractivity contribution in [2.75, 3.05) is 55.7 Å². The van der Waals surface area contributed by atoms with Gasteiger partial charge >= 0.3 is 0 Å². The molecule has 3 N–H and O–H groups in total. The first-order valence-corrected chi connectivity index (χ1v) is 17.7. The highest BCUT2D eigenvalue weighted by molar-refractivity contribution is 5.77. The zero-order valence-electron chi connectivity index (χ0n) is 32.8. The van der Waals surface area contributed by atoms with Gasteiger partial charge in [0.05, 0.1) is 41.4 Å². The van der Waals surface area contributed by atoms with E-state index in [0.29, 0.717) is 5.82 Å². The van der Waals surface area contributed by atoms with Crippen molar-refractivity contribution in [3.8, 4) is 11.3 Å². The average Bonchev–Trinajstić information content (AvgIpc) is 3.87. The van der Waals surface area contributed by atoms with Gasteiger partial charge in [0.1, 0.15) is 0 Å². The highest BCUT2D eigenvalue weighted by atomic mass is 15.3. The Balaban J connectivity index is 0.000000199. The predicted octanol–water partition coefficient (Wildman–Crippen LogP) is 7.34. The van der Waals surface area contributed by atoms with E-state index in [1.165, 1.54) is 0 Å². The van der Waals surface area contributed by atoms with E-state index in [1.807, 2.05) is 115 Å². The highest BCUT2D eigenvalue weighted by Crippen LogP contribution is 2.30. The summed E-state index contributed by atoms with van der Waals surface area (Å²) in [5, 5.41) is 14.4. The SMILES string of the molecule is C=N/C=C(\NC)c1cnc2c(Nc3cccc(N(C)C)c3)nccn12.CC.Cc1nn(C)c(C)c1-c1cnc2c(Nc3cccc(N(C)C)c3)nccn12. The normalized spacial score (nSPS) is 11.0. The molecular formula is C40H50N14. The summed E-state index contributed by atoms with van der Waals surface area (Å²) in [5.41, 5.74) is 11.6. The fourth-order valence-corrected chi connectivity index (χ4v) is 5.89. The summed E-state index contributed by atoms with van der Waals surface area (Å²) in [6.45, 7) is 11.6. The van der Waals surface area contributed by atoms with Crippen LogP contribution in [0.5, 0.6) is 0 Å². The van der Waals surface area contributed by atoms with Gasteiger partial charge in [0, 0.05) is 101 Å². The third-order valence-corrected chi connectivity index (χ3v) is 8.64. The number of nitrogens with zero attached hydrogens (tertiary/aromatic N) is 11. The monoisotopic (exact) mass is 726 g/mol. The van der Waals surface area contributed by atoms with Crippen LogP contribution in [-0.2, 0) is 7.05 Å². The molecule has 0 saturated heterocycles. The maximum absolute atomic E-state index is 4.63. The van der Waals surface area contributed by atoms with Crippen molar-refractivity contribution in [1.29, 1.82) is 0 Å². The maximum atomic E-state index is 4.63. The second-order valence-corrected chi connectivity index (χ2v) is 12.5. The molecule has 0 fully saturated rings. The van der Waals surface area contributed by atoms with Gasteiger partial charge in [0.2, 0.25) is 0 Å². The third-order valence-electron chi connectivity index (χ3n) is 8.64. The summed E-state index contributed by atoms with van der Waals surface area (Å²) in [7, 11) is 11.9.